The Labute approximate surface area is 205 Å². The number of unbranched alkanes of at least 4 members (excludes halogenated alkanes) is 1. The van der Waals surface area contributed by atoms with Crippen LogP contribution in [0.15, 0.2) is 60.7 Å². The number of carboxylic acid groups (broad SMARTS) is 1. The molecule has 2 atom stereocenters. The fourth-order valence-corrected chi connectivity index (χ4v) is 5.04. The maximum Gasteiger partial charge on any atom is 0.407 e. The van der Waals surface area contributed by atoms with Crippen LogP contribution < -0.4 is 5.32 Å². The first-order valence-corrected chi connectivity index (χ1v) is 12.2. The summed E-state index contributed by atoms with van der Waals surface area (Å²) in [5.41, 5.74) is 4.69. The van der Waals surface area contributed by atoms with Gasteiger partial charge in [-0.25, -0.2) is 4.79 Å². The van der Waals surface area contributed by atoms with E-state index in [1.807, 2.05) is 36.4 Å². The molecule has 2 amide bonds. The Morgan fingerprint density at radius 3 is 2.34 bits per heavy atom. The average molecular weight is 477 g/mol. The lowest BCUT2D eigenvalue weighted by Crippen LogP contribution is -2.41. The number of fused-ring (bicyclic) bond motifs is 3. The Hall–Kier alpha value is -3.61. The first-order chi connectivity index (χ1) is 16.9. The zero-order chi connectivity index (χ0) is 24.8. The van der Waals surface area contributed by atoms with Crippen molar-refractivity contribution >= 4 is 18.0 Å². The van der Waals surface area contributed by atoms with Gasteiger partial charge in [-0.2, -0.15) is 0 Å². The summed E-state index contributed by atoms with van der Waals surface area (Å²) in [4.78, 5) is 37.8. The summed E-state index contributed by atoms with van der Waals surface area (Å²) in [6, 6.07) is 16.1. The van der Waals surface area contributed by atoms with Crippen molar-refractivity contribution in [1.82, 2.24) is 10.2 Å². The van der Waals surface area contributed by atoms with Crippen molar-refractivity contribution in [3.8, 4) is 11.1 Å². The number of hydrogen-bond acceptors (Lipinski definition) is 4. The third kappa shape index (κ3) is 5.91. The lowest BCUT2D eigenvalue weighted by Gasteiger charge is -2.28. The molecule has 2 aromatic rings. The highest BCUT2D eigenvalue weighted by atomic mass is 16.5. The number of alkyl carbamates (subject to hydrolysis) is 1. The molecule has 184 valence electrons. The summed E-state index contributed by atoms with van der Waals surface area (Å²) >= 11 is 0. The number of allylic oxidation sites excluding steroid dienone is 1. The van der Waals surface area contributed by atoms with E-state index in [1.54, 1.807) is 11.9 Å². The van der Waals surface area contributed by atoms with Crippen molar-refractivity contribution in [2.75, 3.05) is 20.2 Å². The number of nitrogens with zero attached hydrogens (tertiary/aromatic N) is 1. The van der Waals surface area contributed by atoms with Crippen molar-refractivity contribution in [3.05, 3.63) is 71.8 Å². The Bertz CT molecular complexity index is 1070. The SMILES string of the molecule is CN(CCCCC(=O)O)C(=O)C1CC=CC(NC(=O)OCC2c3ccccc3-c3ccccc32)C1. The van der Waals surface area contributed by atoms with Crippen molar-refractivity contribution < 1.29 is 24.2 Å². The zero-order valence-corrected chi connectivity index (χ0v) is 20.0. The smallest absolute Gasteiger partial charge is 0.407 e. The van der Waals surface area contributed by atoms with E-state index in [0.717, 1.165) is 11.1 Å². The van der Waals surface area contributed by atoms with Crippen molar-refractivity contribution in [3.63, 3.8) is 0 Å². The fraction of sp³-hybridized carbons (Fsp3) is 0.393. The van der Waals surface area contributed by atoms with Gasteiger partial charge in [-0.3, -0.25) is 9.59 Å². The van der Waals surface area contributed by atoms with Gasteiger partial charge in [-0.15, -0.1) is 0 Å². The molecule has 0 aromatic heterocycles. The van der Waals surface area contributed by atoms with E-state index < -0.39 is 12.1 Å². The number of carbonyl (C=O) groups excluding carboxylic acids is 2. The van der Waals surface area contributed by atoms with Crippen LogP contribution in [-0.4, -0.2) is 54.2 Å². The highest BCUT2D eigenvalue weighted by Gasteiger charge is 2.30. The number of rotatable bonds is 9. The van der Waals surface area contributed by atoms with Gasteiger partial charge in [0, 0.05) is 31.8 Å². The van der Waals surface area contributed by atoms with Crippen LogP contribution in [0.4, 0.5) is 4.79 Å². The van der Waals surface area contributed by atoms with E-state index >= 15 is 0 Å². The van der Waals surface area contributed by atoms with Gasteiger partial charge in [0.2, 0.25) is 5.91 Å². The normalized spacial score (nSPS) is 18.4. The minimum atomic E-state index is -0.821. The molecule has 2 unspecified atom stereocenters. The Balaban J connectivity index is 1.27. The number of carboxylic acids is 1. The number of nitrogens with one attached hydrogen (secondary N) is 1. The Morgan fingerprint density at radius 1 is 1.03 bits per heavy atom. The molecule has 7 heteroatoms. The second-order valence-electron chi connectivity index (χ2n) is 9.28. The summed E-state index contributed by atoms with van der Waals surface area (Å²) in [5.74, 6) is -1.02. The molecule has 0 saturated heterocycles. The van der Waals surface area contributed by atoms with Gasteiger partial charge < -0.3 is 20.1 Å². The number of ether oxygens (including phenoxy) is 1. The van der Waals surface area contributed by atoms with Crippen LogP contribution in [0, 0.1) is 5.92 Å². The van der Waals surface area contributed by atoms with Crippen LogP contribution in [0.1, 0.15) is 49.1 Å². The van der Waals surface area contributed by atoms with E-state index in [4.69, 9.17) is 9.84 Å². The van der Waals surface area contributed by atoms with E-state index in [1.165, 1.54) is 11.1 Å². The molecule has 0 bridgehead atoms. The number of amides is 2. The molecule has 2 aliphatic rings. The molecule has 0 heterocycles. The fourth-order valence-electron chi connectivity index (χ4n) is 5.04. The third-order valence-corrected chi connectivity index (χ3v) is 6.83. The molecule has 2 N–H and O–H groups in total. The summed E-state index contributed by atoms with van der Waals surface area (Å²) in [5, 5.41) is 11.6. The minimum absolute atomic E-state index is 0.000786. The quantitative estimate of drug-likeness (QED) is 0.408. The number of aliphatic carboxylic acids is 1. The molecule has 0 radical (unpaired) electrons. The topological polar surface area (TPSA) is 95.9 Å². The second kappa shape index (κ2) is 11.2. The highest BCUT2D eigenvalue weighted by Crippen LogP contribution is 2.44. The van der Waals surface area contributed by atoms with Crippen molar-refractivity contribution in [1.29, 1.82) is 0 Å². The van der Waals surface area contributed by atoms with Gasteiger partial charge in [0.15, 0.2) is 0 Å². The molecular weight excluding hydrogens is 444 g/mol. The van der Waals surface area contributed by atoms with Gasteiger partial charge in [0.1, 0.15) is 6.61 Å². The zero-order valence-electron chi connectivity index (χ0n) is 20.0. The molecule has 0 fully saturated rings. The van der Waals surface area contributed by atoms with E-state index in [0.29, 0.717) is 32.2 Å². The second-order valence-corrected chi connectivity index (χ2v) is 9.28. The summed E-state index contributed by atoms with van der Waals surface area (Å²) in [6.07, 6.45) is 5.80. The standard InChI is InChI=1S/C28H32N2O5/c1-30(16-7-6-15-26(31)32)27(33)19-9-8-10-20(17-19)29-28(34)35-18-25-23-13-4-2-11-21(23)22-12-3-5-14-24(22)25/h2-5,8,10-14,19-20,25H,6-7,9,15-18H2,1H3,(H,29,34)(H,31,32). The molecular formula is C28H32N2O5. The molecule has 0 saturated carbocycles. The highest BCUT2D eigenvalue weighted by molar-refractivity contribution is 5.80. The van der Waals surface area contributed by atoms with Gasteiger partial charge >= 0.3 is 12.1 Å². The van der Waals surface area contributed by atoms with Gasteiger partial charge in [0.05, 0.1) is 6.04 Å². The lowest BCUT2D eigenvalue weighted by atomic mass is 9.90. The maximum atomic E-state index is 12.8. The van der Waals surface area contributed by atoms with E-state index in [2.05, 4.69) is 29.6 Å². The first-order valence-electron chi connectivity index (χ1n) is 12.2. The van der Waals surface area contributed by atoms with Crippen LogP contribution in [0.5, 0.6) is 0 Å². The number of hydrogen-bond donors (Lipinski definition) is 2. The minimum Gasteiger partial charge on any atom is -0.481 e. The van der Waals surface area contributed by atoms with Gasteiger partial charge in [-0.05, 0) is 47.9 Å². The van der Waals surface area contributed by atoms with E-state index in [-0.39, 0.29) is 36.8 Å². The summed E-state index contributed by atoms with van der Waals surface area (Å²) < 4.78 is 5.64. The average Bonchev–Trinajstić information content (AvgIpc) is 3.18. The predicted octanol–water partition coefficient (Wildman–Crippen LogP) is 4.57. The van der Waals surface area contributed by atoms with Gasteiger partial charge in [-0.1, -0.05) is 60.7 Å². The maximum absolute atomic E-state index is 12.8. The van der Waals surface area contributed by atoms with Crippen LogP contribution in [0.3, 0.4) is 0 Å². The van der Waals surface area contributed by atoms with Gasteiger partial charge in [0.25, 0.3) is 0 Å². The summed E-state index contributed by atoms with van der Waals surface area (Å²) in [7, 11) is 1.75. The van der Waals surface area contributed by atoms with Crippen LogP contribution in [0.2, 0.25) is 0 Å². The largest absolute Gasteiger partial charge is 0.481 e. The first kappa shape index (κ1) is 24.5. The lowest BCUT2D eigenvalue weighted by molar-refractivity contribution is -0.137. The molecule has 35 heavy (non-hydrogen) atoms. The molecule has 0 aliphatic heterocycles. The Morgan fingerprint density at radius 2 is 1.69 bits per heavy atom. The van der Waals surface area contributed by atoms with Crippen molar-refractivity contribution in [2.24, 2.45) is 5.92 Å². The van der Waals surface area contributed by atoms with E-state index in [9.17, 15) is 14.4 Å². The molecule has 2 aliphatic carbocycles. The molecule has 4 rings (SSSR count). The molecule has 0 spiro atoms. The Kier molecular flexibility index (Phi) is 7.85. The summed E-state index contributed by atoms with van der Waals surface area (Å²) in [6.45, 7) is 0.772. The number of benzene rings is 2. The van der Waals surface area contributed by atoms with Crippen molar-refractivity contribution in [2.45, 2.75) is 44.1 Å². The monoisotopic (exact) mass is 476 g/mol. The van der Waals surface area contributed by atoms with Crippen LogP contribution >= 0.6 is 0 Å². The molecule has 2 aromatic carbocycles. The van der Waals surface area contributed by atoms with Crippen LogP contribution in [0.25, 0.3) is 11.1 Å². The predicted molar refractivity (Wildman–Crippen MR) is 133 cm³/mol. The number of carbonyl (C=O) groups is 3. The third-order valence-electron chi connectivity index (χ3n) is 6.83. The molecule has 7 nitrogen and oxygen atoms in total. The van der Waals surface area contributed by atoms with Crippen LogP contribution in [-0.2, 0) is 14.3 Å².